The van der Waals surface area contributed by atoms with Crippen LogP contribution in [0.2, 0.25) is 0 Å². The van der Waals surface area contributed by atoms with Crippen LogP contribution in [0.1, 0.15) is 36.6 Å². The van der Waals surface area contributed by atoms with Crippen molar-refractivity contribution in [2.75, 3.05) is 0 Å². The maximum Gasteiger partial charge on any atom is 0.417 e. The maximum atomic E-state index is 13.2. The molecule has 1 nitrogen and oxygen atoms in total. The Balaban J connectivity index is 2.26. The molecule has 2 rings (SSSR count). The quantitative estimate of drug-likeness (QED) is 0.690. The van der Waals surface area contributed by atoms with Crippen LogP contribution in [0.15, 0.2) is 47.5 Å². The summed E-state index contributed by atoms with van der Waals surface area (Å²) < 4.78 is 39.5. The van der Waals surface area contributed by atoms with Crippen molar-refractivity contribution in [1.29, 1.82) is 0 Å². The van der Waals surface area contributed by atoms with Crippen molar-refractivity contribution in [1.82, 2.24) is 4.98 Å². The molecule has 5 heteroatoms. The van der Waals surface area contributed by atoms with E-state index in [1.807, 2.05) is 44.2 Å². The number of nitrogens with zero attached hydrogens (tertiary/aromatic N) is 1. The van der Waals surface area contributed by atoms with Gasteiger partial charge >= 0.3 is 6.18 Å². The summed E-state index contributed by atoms with van der Waals surface area (Å²) in [5.41, 5.74) is 0.858. The molecule has 0 N–H and O–H groups in total. The molecule has 112 valence electrons. The van der Waals surface area contributed by atoms with Gasteiger partial charge in [-0.15, -0.1) is 11.8 Å². The summed E-state index contributed by atoms with van der Waals surface area (Å²) in [5.74, 6) is 0.464. The van der Waals surface area contributed by atoms with Crippen molar-refractivity contribution < 1.29 is 13.2 Å². The zero-order valence-electron chi connectivity index (χ0n) is 11.8. The minimum absolute atomic E-state index is 0.0285. The fraction of sp³-hybridized carbons (Fsp3) is 0.312. The number of rotatable bonds is 4. The van der Waals surface area contributed by atoms with E-state index in [-0.39, 0.29) is 10.8 Å². The number of aromatic nitrogens is 1. The van der Waals surface area contributed by atoms with Gasteiger partial charge in [0, 0.05) is 22.5 Å². The molecule has 0 amide bonds. The summed E-state index contributed by atoms with van der Waals surface area (Å²) in [5, 5.41) is 0. The minimum Gasteiger partial charge on any atom is -0.260 e. The molecule has 1 heterocycles. The van der Waals surface area contributed by atoms with Crippen LogP contribution >= 0.6 is 11.8 Å². The van der Waals surface area contributed by atoms with E-state index in [0.29, 0.717) is 11.4 Å². The van der Waals surface area contributed by atoms with Crippen molar-refractivity contribution in [3.63, 3.8) is 0 Å². The first-order valence-electron chi connectivity index (χ1n) is 6.62. The molecule has 0 saturated carbocycles. The highest BCUT2D eigenvalue weighted by Crippen LogP contribution is 2.38. The maximum absolute atomic E-state index is 13.2. The van der Waals surface area contributed by atoms with Gasteiger partial charge in [-0.1, -0.05) is 44.2 Å². The molecular formula is C16H16F3NS. The third-order valence-electron chi connectivity index (χ3n) is 3.02. The highest BCUT2D eigenvalue weighted by Gasteiger charge is 2.34. The van der Waals surface area contributed by atoms with E-state index in [4.69, 9.17) is 0 Å². The number of hydrogen-bond donors (Lipinski definition) is 0. The second kappa shape index (κ2) is 6.52. The average Bonchev–Trinajstić information content (AvgIpc) is 2.45. The van der Waals surface area contributed by atoms with Crippen molar-refractivity contribution in [2.24, 2.45) is 0 Å². The SMILES string of the molecule is CC(C)c1cc(C(F)(F)F)c(SCc2ccccc2)cn1. The Hall–Kier alpha value is -1.49. The summed E-state index contributed by atoms with van der Waals surface area (Å²) in [6.07, 6.45) is -3.02. The Morgan fingerprint density at radius 2 is 1.81 bits per heavy atom. The first-order valence-corrected chi connectivity index (χ1v) is 7.60. The lowest BCUT2D eigenvalue weighted by molar-refractivity contribution is -0.139. The van der Waals surface area contributed by atoms with Gasteiger partial charge in [-0.05, 0) is 17.5 Å². The third kappa shape index (κ3) is 4.24. The predicted molar refractivity (Wildman–Crippen MR) is 79.3 cm³/mol. The molecule has 0 aliphatic heterocycles. The smallest absolute Gasteiger partial charge is 0.260 e. The second-order valence-corrected chi connectivity index (χ2v) is 6.05. The standard InChI is InChI=1S/C16H16F3NS/c1-11(2)14-8-13(16(17,18)19)15(9-20-14)21-10-12-6-4-3-5-7-12/h3-9,11H,10H2,1-2H3. The first kappa shape index (κ1) is 15.9. The monoisotopic (exact) mass is 311 g/mol. The van der Waals surface area contributed by atoms with Crippen LogP contribution in [0.5, 0.6) is 0 Å². The summed E-state index contributed by atoms with van der Waals surface area (Å²) in [6.45, 7) is 3.67. The van der Waals surface area contributed by atoms with E-state index in [9.17, 15) is 13.2 Å². The third-order valence-corrected chi connectivity index (χ3v) is 4.14. The highest BCUT2D eigenvalue weighted by molar-refractivity contribution is 7.98. The molecule has 1 aromatic heterocycles. The van der Waals surface area contributed by atoms with Gasteiger partial charge in [-0.3, -0.25) is 4.98 Å². The first-order chi connectivity index (χ1) is 9.88. The van der Waals surface area contributed by atoms with Crippen LogP contribution in [0, 0.1) is 0 Å². The topological polar surface area (TPSA) is 12.9 Å². The number of halogens is 3. The van der Waals surface area contributed by atoms with E-state index in [1.165, 1.54) is 6.20 Å². The van der Waals surface area contributed by atoms with Crippen molar-refractivity contribution >= 4 is 11.8 Å². The van der Waals surface area contributed by atoms with Crippen molar-refractivity contribution in [2.45, 2.75) is 36.6 Å². The Morgan fingerprint density at radius 3 is 2.38 bits per heavy atom. The Morgan fingerprint density at radius 1 is 1.14 bits per heavy atom. The van der Waals surface area contributed by atoms with Crippen LogP contribution in [0.4, 0.5) is 13.2 Å². The molecule has 1 aromatic carbocycles. The minimum atomic E-state index is -4.36. The van der Waals surface area contributed by atoms with Gasteiger partial charge in [0.15, 0.2) is 0 Å². The molecule has 0 aliphatic carbocycles. The summed E-state index contributed by atoms with van der Waals surface area (Å²) in [6, 6.07) is 10.6. The number of benzene rings is 1. The number of hydrogen-bond acceptors (Lipinski definition) is 2. The van der Waals surface area contributed by atoms with E-state index in [1.54, 1.807) is 0 Å². The van der Waals surface area contributed by atoms with Crippen LogP contribution in [0.3, 0.4) is 0 Å². The molecule has 0 spiro atoms. The number of thioether (sulfide) groups is 1. The Kier molecular flexibility index (Phi) is 4.93. The Bertz CT molecular complexity index is 594. The molecule has 0 unspecified atom stereocenters. The molecule has 0 bridgehead atoms. The van der Waals surface area contributed by atoms with Crippen molar-refractivity contribution in [3.8, 4) is 0 Å². The highest BCUT2D eigenvalue weighted by atomic mass is 32.2. The van der Waals surface area contributed by atoms with Crippen molar-refractivity contribution in [3.05, 3.63) is 59.4 Å². The van der Waals surface area contributed by atoms with E-state index < -0.39 is 11.7 Å². The van der Waals surface area contributed by atoms with E-state index >= 15 is 0 Å². The van der Waals surface area contributed by atoms with Gasteiger partial charge in [0.05, 0.1) is 5.56 Å². The summed E-state index contributed by atoms with van der Waals surface area (Å²) >= 11 is 1.16. The van der Waals surface area contributed by atoms with E-state index in [0.717, 1.165) is 23.4 Å². The lowest BCUT2D eigenvalue weighted by Gasteiger charge is -2.15. The summed E-state index contributed by atoms with van der Waals surface area (Å²) in [7, 11) is 0. The Labute approximate surface area is 126 Å². The second-order valence-electron chi connectivity index (χ2n) is 5.03. The lowest BCUT2D eigenvalue weighted by atomic mass is 10.1. The van der Waals surface area contributed by atoms with Crippen LogP contribution < -0.4 is 0 Å². The normalized spacial score (nSPS) is 11.9. The zero-order chi connectivity index (χ0) is 15.5. The molecule has 0 aliphatic rings. The van der Waals surface area contributed by atoms with Gasteiger partial charge < -0.3 is 0 Å². The van der Waals surface area contributed by atoms with Gasteiger partial charge in [0.1, 0.15) is 0 Å². The average molecular weight is 311 g/mol. The molecule has 0 radical (unpaired) electrons. The van der Waals surface area contributed by atoms with Crippen LogP contribution in [0.25, 0.3) is 0 Å². The molecule has 0 atom stereocenters. The molecule has 0 fully saturated rings. The fourth-order valence-corrected chi connectivity index (χ4v) is 2.82. The lowest BCUT2D eigenvalue weighted by Crippen LogP contribution is -2.09. The zero-order valence-corrected chi connectivity index (χ0v) is 12.6. The molecule has 21 heavy (non-hydrogen) atoms. The largest absolute Gasteiger partial charge is 0.417 e. The predicted octanol–water partition coefficient (Wildman–Crippen LogP) is 5.52. The van der Waals surface area contributed by atoms with Gasteiger partial charge in [0.2, 0.25) is 0 Å². The van der Waals surface area contributed by atoms with Gasteiger partial charge in [-0.2, -0.15) is 13.2 Å². The number of pyridine rings is 1. The summed E-state index contributed by atoms with van der Waals surface area (Å²) in [4.78, 5) is 4.32. The van der Waals surface area contributed by atoms with E-state index in [2.05, 4.69) is 4.98 Å². The molecule has 0 saturated heterocycles. The van der Waals surface area contributed by atoms with Crippen LogP contribution in [-0.4, -0.2) is 4.98 Å². The molecular weight excluding hydrogens is 295 g/mol. The molecule has 2 aromatic rings. The number of alkyl halides is 3. The van der Waals surface area contributed by atoms with Gasteiger partial charge in [0.25, 0.3) is 0 Å². The van der Waals surface area contributed by atoms with Crippen LogP contribution in [-0.2, 0) is 11.9 Å². The van der Waals surface area contributed by atoms with Gasteiger partial charge in [-0.25, -0.2) is 0 Å². The fourth-order valence-electron chi connectivity index (χ4n) is 1.85.